The van der Waals surface area contributed by atoms with E-state index >= 15 is 0 Å². The molecule has 3 nitrogen and oxygen atoms in total. The molecule has 0 saturated heterocycles. The number of anilines is 1. The van der Waals surface area contributed by atoms with Gasteiger partial charge in [-0.15, -0.1) is 0 Å². The molecule has 0 spiro atoms. The number of fused-ring (bicyclic) bond motifs is 1. The number of carbonyl (C=O) groups is 1. The maximum atomic E-state index is 12.2. The Morgan fingerprint density at radius 2 is 1.91 bits per heavy atom. The van der Waals surface area contributed by atoms with Gasteiger partial charge in [0.1, 0.15) is 0 Å². The molecule has 114 valence electrons. The minimum absolute atomic E-state index is 0.0663. The molecule has 0 saturated carbocycles. The van der Waals surface area contributed by atoms with Gasteiger partial charge in [0, 0.05) is 18.7 Å². The van der Waals surface area contributed by atoms with Gasteiger partial charge in [-0.1, -0.05) is 36.4 Å². The molecular weight excluding hydrogens is 274 g/mol. The largest absolute Gasteiger partial charge is 0.396 e. The number of aryl methyl sites for hydroxylation is 1. The number of hydrogen-bond donors (Lipinski definition) is 2. The highest BCUT2D eigenvalue weighted by Crippen LogP contribution is 2.35. The van der Waals surface area contributed by atoms with Crippen molar-refractivity contribution < 1.29 is 9.90 Å². The second kappa shape index (κ2) is 6.75. The number of nitrogens with one attached hydrogen (secondary N) is 1. The Hall–Kier alpha value is -2.13. The summed E-state index contributed by atoms with van der Waals surface area (Å²) < 4.78 is 0. The number of carbonyl (C=O) groups excluding carboxylic acids is 1. The van der Waals surface area contributed by atoms with Gasteiger partial charge in [0.15, 0.2) is 0 Å². The van der Waals surface area contributed by atoms with Crippen LogP contribution in [0.4, 0.5) is 5.69 Å². The Balaban J connectivity index is 1.59. The van der Waals surface area contributed by atoms with Gasteiger partial charge in [0.25, 0.3) is 0 Å². The molecule has 0 bridgehead atoms. The van der Waals surface area contributed by atoms with E-state index in [9.17, 15) is 4.79 Å². The molecule has 0 aliphatic heterocycles. The zero-order chi connectivity index (χ0) is 15.4. The summed E-state index contributed by atoms with van der Waals surface area (Å²) in [6, 6.07) is 16.1. The van der Waals surface area contributed by atoms with Crippen LogP contribution >= 0.6 is 0 Å². The van der Waals surface area contributed by atoms with Gasteiger partial charge in [0.2, 0.25) is 5.91 Å². The maximum absolute atomic E-state index is 12.2. The van der Waals surface area contributed by atoms with Crippen molar-refractivity contribution in [1.29, 1.82) is 0 Å². The summed E-state index contributed by atoms with van der Waals surface area (Å²) in [5.74, 6) is 0.404. The van der Waals surface area contributed by atoms with E-state index in [1.165, 1.54) is 11.1 Å². The minimum Gasteiger partial charge on any atom is -0.396 e. The Morgan fingerprint density at radius 3 is 2.68 bits per heavy atom. The van der Waals surface area contributed by atoms with Crippen LogP contribution in [0.25, 0.3) is 0 Å². The van der Waals surface area contributed by atoms with Crippen LogP contribution in [0.2, 0.25) is 0 Å². The predicted molar refractivity (Wildman–Crippen MR) is 88.0 cm³/mol. The fraction of sp³-hybridized carbons (Fsp3) is 0.316. The summed E-state index contributed by atoms with van der Waals surface area (Å²) in [5, 5.41) is 11.9. The van der Waals surface area contributed by atoms with Gasteiger partial charge in [0.05, 0.1) is 0 Å². The first-order chi connectivity index (χ1) is 10.8. The molecule has 1 amide bonds. The van der Waals surface area contributed by atoms with Crippen molar-refractivity contribution in [1.82, 2.24) is 0 Å². The normalized spacial score (nSPS) is 16.3. The van der Waals surface area contributed by atoms with Crippen molar-refractivity contribution in [2.75, 3.05) is 11.9 Å². The highest BCUT2D eigenvalue weighted by Gasteiger charge is 2.24. The van der Waals surface area contributed by atoms with Crippen LogP contribution in [-0.2, 0) is 17.6 Å². The summed E-state index contributed by atoms with van der Waals surface area (Å²) in [5.41, 5.74) is 4.60. The molecule has 0 aromatic heterocycles. The number of aliphatic hydroxyl groups excluding tert-OH is 1. The summed E-state index contributed by atoms with van der Waals surface area (Å²) >= 11 is 0. The first kappa shape index (κ1) is 14.8. The standard InChI is InChI=1S/C19H21NO2/c21-12-11-14-5-9-17(10-6-14)20-19(22)13-16-8-7-15-3-1-2-4-18(15)16/h1-6,9-10,16,21H,7-8,11-13H2,(H,20,22). The van der Waals surface area contributed by atoms with Crippen LogP contribution in [0, 0.1) is 0 Å². The van der Waals surface area contributed by atoms with Gasteiger partial charge in [-0.2, -0.15) is 0 Å². The van der Waals surface area contributed by atoms with E-state index in [0.717, 1.165) is 24.1 Å². The summed E-state index contributed by atoms with van der Waals surface area (Å²) in [4.78, 5) is 12.2. The monoisotopic (exact) mass is 295 g/mol. The van der Waals surface area contributed by atoms with E-state index in [1.807, 2.05) is 24.3 Å². The molecule has 2 N–H and O–H groups in total. The molecule has 22 heavy (non-hydrogen) atoms. The Labute approximate surface area is 131 Å². The molecule has 1 unspecified atom stereocenters. The second-order valence-electron chi connectivity index (χ2n) is 5.86. The number of benzene rings is 2. The van der Waals surface area contributed by atoms with Crippen molar-refractivity contribution in [2.24, 2.45) is 0 Å². The first-order valence-electron chi connectivity index (χ1n) is 7.83. The molecule has 3 heteroatoms. The minimum atomic E-state index is 0.0663. The lowest BCUT2D eigenvalue weighted by atomic mass is 9.97. The highest BCUT2D eigenvalue weighted by atomic mass is 16.2. The molecule has 2 aromatic carbocycles. The molecule has 1 aliphatic carbocycles. The lowest BCUT2D eigenvalue weighted by Crippen LogP contribution is -2.14. The number of amides is 1. The topological polar surface area (TPSA) is 49.3 Å². The molecule has 0 heterocycles. The highest BCUT2D eigenvalue weighted by molar-refractivity contribution is 5.91. The van der Waals surface area contributed by atoms with Crippen molar-refractivity contribution in [3.05, 3.63) is 65.2 Å². The zero-order valence-electron chi connectivity index (χ0n) is 12.6. The molecule has 2 aromatic rings. The van der Waals surface area contributed by atoms with Gasteiger partial charge >= 0.3 is 0 Å². The Morgan fingerprint density at radius 1 is 1.14 bits per heavy atom. The van der Waals surface area contributed by atoms with E-state index in [0.29, 0.717) is 18.8 Å². The smallest absolute Gasteiger partial charge is 0.224 e. The van der Waals surface area contributed by atoms with Crippen molar-refractivity contribution in [3.63, 3.8) is 0 Å². The van der Waals surface area contributed by atoms with E-state index in [1.54, 1.807) is 0 Å². The predicted octanol–water partition coefficient (Wildman–Crippen LogP) is 3.28. The summed E-state index contributed by atoms with van der Waals surface area (Å²) in [6.07, 6.45) is 3.31. The van der Waals surface area contributed by atoms with Crippen LogP contribution in [0.1, 0.15) is 35.4 Å². The van der Waals surface area contributed by atoms with E-state index in [2.05, 4.69) is 29.6 Å². The third-order valence-electron chi connectivity index (χ3n) is 4.33. The molecule has 0 fully saturated rings. The first-order valence-corrected chi connectivity index (χ1v) is 7.83. The van der Waals surface area contributed by atoms with E-state index in [-0.39, 0.29) is 12.5 Å². The third-order valence-corrected chi connectivity index (χ3v) is 4.33. The van der Waals surface area contributed by atoms with Gasteiger partial charge in [-0.05, 0) is 54.0 Å². The second-order valence-corrected chi connectivity index (χ2v) is 5.86. The number of rotatable bonds is 5. The third kappa shape index (κ3) is 3.37. The lowest BCUT2D eigenvalue weighted by Gasteiger charge is -2.12. The van der Waals surface area contributed by atoms with Gasteiger partial charge in [-0.3, -0.25) is 4.79 Å². The average molecular weight is 295 g/mol. The van der Waals surface area contributed by atoms with Gasteiger partial charge < -0.3 is 10.4 Å². The van der Waals surface area contributed by atoms with Crippen LogP contribution in [0.3, 0.4) is 0 Å². The molecule has 1 aliphatic rings. The summed E-state index contributed by atoms with van der Waals surface area (Å²) in [6.45, 7) is 0.146. The lowest BCUT2D eigenvalue weighted by molar-refractivity contribution is -0.116. The quantitative estimate of drug-likeness (QED) is 0.889. The van der Waals surface area contributed by atoms with Gasteiger partial charge in [-0.25, -0.2) is 0 Å². The van der Waals surface area contributed by atoms with Crippen molar-refractivity contribution in [2.45, 2.75) is 31.6 Å². The number of aliphatic hydroxyl groups is 1. The molecule has 0 radical (unpaired) electrons. The maximum Gasteiger partial charge on any atom is 0.224 e. The number of hydrogen-bond acceptors (Lipinski definition) is 2. The SMILES string of the molecule is O=C(CC1CCc2ccccc21)Nc1ccc(CCO)cc1. The fourth-order valence-electron chi connectivity index (χ4n) is 3.18. The van der Waals surface area contributed by atoms with Crippen molar-refractivity contribution in [3.8, 4) is 0 Å². The van der Waals surface area contributed by atoms with Crippen LogP contribution in [0.5, 0.6) is 0 Å². The van der Waals surface area contributed by atoms with E-state index in [4.69, 9.17) is 5.11 Å². The molecule has 1 atom stereocenters. The fourth-order valence-corrected chi connectivity index (χ4v) is 3.18. The summed E-state index contributed by atoms with van der Waals surface area (Å²) in [7, 11) is 0. The molecular formula is C19H21NO2. The Bertz CT molecular complexity index is 649. The Kier molecular flexibility index (Phi) is 4.54. The van der Waals surface area contributed by atoms with Crippen LogP contribution in [-0.4, -0.2) is 17.6 Å². The zero-order valence-corrected chi connectivity index (χ0v) is 12.6. The van der Waals surface area contributed by atoms with Crippen LogP contribution in [0.15, 0.2) is 48.5 Å². The molecule has 3 rings (SSSR count). The van der Waals surface area contributed by atoms with Crippen molar-refractivity contribution >= 4 is 11.6 Å². The average Bonchev–Trinajstić information content (AvgIpc) is 2.93. The van der Waals surface area contributed by atoms with Crippen LogP contribution < -0.4 is 5.32 Å². The van der Waals surface area contributed by atoms with E-state index < -0.39 is 0 Å².